The van der Waals surface area contributed by atoms with Crippen molar-refractivity contribution in [1.82, 2.24) is 19.6 Å². The summed E-state index contributed by atoms with van der Waals surface area (Å²) in [5, 5.41) is 3.77. The van der Waals surface area contributed by atoms with E-state index >= 15 is 0 Å². The van der Waals surface area contributed by atoms with Crippen LogP contribution in [0.1, 0.15) is 35.3 Å². The van der Waals surface area contributed by atoms with E-state index in [0.29, 0.717) is 30.2 Å². The number of H-pyrrole nitrogens is 1. The number of hydrogen-bond donors (Lipinski definition) is 2. The molecule has 2 N–H and O–H groups in total. The van der Waals surface area contributed by atoms with E-state index in [-0.39, 0.29) is 5.91 Å². The summed E-state index contributed by atoms with van der Waals surface area (Å²) in [6.45, 7) is 1.48. The zero-order valence-electron chi connectivity index (χ0n) is 15.4. The van der Waals surface area contributed by atoms with Crippen LogP contribution in [0.5, 0.6) is 0 Å². The highest BCUT2D eigenvalue weighted by Crippen LogP contribution is 2.21. The van der Waals surface area contributed by atoms with Gasteiger partial charge in [0.1, 0.15) is 5.69 Å². The summed E-state index contributed by atoms with van der Waals surface area (Å²) < 4.78 is 26.9. The predicted octanol–water partition coefficient (Wildman–Crippen LogP) is 2.67. The van der Waals surface area contributed by atoms with Gasteiger partial charge < -0.3 is 10.3 Å². The van der Waals surface area contributed by atoms with Gasteiger partial charge >= 0.3 is 0 Å². The van der Waals surface area contributed by atoms with E-state index in [1.807, 2.05) is 6.07 Å². The monoisotopic (exact) mass is 398 g/mol. The van der Waals surface area contributed by atoms with Gasteiger partial charge in [-0.1, -0.05) is 18.6 Å². The number of aromatic nitrogens is 2. The highest BCUT2D eigenvalue weighted by Gasteiger charge is 2.25. The third-order valence-corrected chi connectivity index (χ3v) is 6.91. The van der Waals surface area contributed by atoms with Gasteiger partial charge in [0, 0.05) is 31.2 Å². The number of benzene rings is 1. The molecule has 1 aromatic carbocycles. The maximum Gasteiger partial charge on any atom is 0.267 e. The maximum atomic E-state index is 12.7. The second-order valence-electron chi connectivity index (χ2n) is 6.94. The van der Waals surface area contributed by atoms with Crippen molar-refractivity contribution in [3.05, 3.63) is 60.0 Å². The molecule has 0 radical (unpaired) electrons. The third-order valence-electron chi connectivity index (χ3n) is 5.00. The number of amides is 1. The van der Waals surface area contributed by atoms with Crippen molar-refractivity contribution in [2.24, 2.45) is 0 Å². The Labute approximate surface area is 163 Å². The summed E-state index contributed by atoms with van der Waals surface area (Å²) in [5.74, 6) is -0.221. The summed E-state index contributed by atoms with van der Waals surface area (Å²) >= 11 is 0. The molecule has 3 aromatic rings. The van der Waals surface area contributed by atoms with Crippen molar-refractivity contribution in [3.8, 4) is 0 Å². The van der Waals surface area contributed by atoms with Gasteiger partial charge in [0.2, 0.25) is 10.0 Å². The van der Waals surface area contributed by atoms with E-state index in [4.69, 9.17) is 0 Å². The molecule has 4 rings (SSSR count). The minimum atomic E-state index is -3.43. The van der Waals surface area contributed by atoms with Gasteiger partial charge in [0.05, 0.1) is 16.6 Å². The van der Waals surface area contributed by atoms with Crippen LogP contribution in [0.4, 0.5) is 0 Å². The van der Waals surface area contributed by atoms with Gasteiger partial charge in [-0.25, -0.2) is 8.42 Å². The predicted molar refractivity (Wildman–Crippen MR) is 106 cm³/mol. The molecule has 8 heteroatoms. The highest BCUT2D eigenvalue weighted by atomic mass is 32.2. The first-order valence-corrected chi connectivity index (χ1v) is 10.8. The van der Waals surface area contributed by atoms with Crippen LogP contribution in [0, 0.1) is 0 Å². The van der Waals surface area contributed by atoms with Crippen LogP contribution >= 0.6 is 0 Å². The van der Waals surface area contributed by atoms with Crippen LogP contribution in [0.25, 0.3) is 10.9 Å². The molecule has 7 nitrogen and oxygen atoms in total. The Morgan fingerprint density at radius 2 is 1.86 bits per heavy atom. The Kier molecular flexibility index (Phi) is 5.15. The third kappa shape index (κ3) is 3.79. The van der Waals surface area contributed by atoms with Crippen LogP contribution in [0.3, 0.4) is 0 Å². The lowest BCUT2D eigenvalue weighted by molar-refractivity contribution is 0.0946. The van der Waals surface area contributed by atoms with E-state index in [9.17, 15) is 13.2 Å². The molecule has 146 valence electrons. The smallest absolute Gasteiger partial charge is 0.267 e. The summed E-state index contributed by atoms with van der Waals surface area (Å²) in [7, 11) is -3.43. The molecule has 1 aliphatic heterocycles. The van der Waals surface area contributed by atoms with Crippen LogP contribution in [0.15, 0.2) is 53.7 Å². The first-order chi connectivity index (χ1) is 13.5. The number of aromatic amines is 1. The lowest BCUT2D eigenvalue weighted by atomic mass is 10.2. The number of fused-ring (bicyclic) bond motifs is 1. The number of rotatable bonds is 5. The zero-order chi connectivity index (χ0) is 19.6. The second-order valence-corrected chi connectivity index (χ2v) is 8.88. The zero-order valence-corrected chi connectivity index (χ0v) is 16.2. The molecule has 0 bridgehead atoms. The number of carbonyl (C=O) groups is 1. The average molecular weight is 398 g/mol. The van der Waals surface area contributed by atoms with Crippen molar-refractivity contribution < 1.29 is 13.2 Å². The number of pyridine rings is 1. The summed E-state index contributed by atoms with van der Waals surface area (Å²) in [6, 6.07) is 10.3. The molecule has 28 heavy (non-hydrogen) atoms. The minimum Gasteiger partial charge on any atom is -0.349 e. The van der Waals surface area contributed by atoms with Crippen molar-refractivity contribution in [2.45, 2.75) is 30.7 Å². The standard InChI is InChI=1S/C20H22N4O3S/c25-20(18-12-16-8-9-21-14-19(16)23-18)22-13-15-4-6-17(7-5-15)28(26,27)24-10-2-1-3-11-24/h4-9,12,14,23H,1-3,10-11,13H2,(H,22,25). The quantitative estimate of drug-likeness (QED) is 0.691. The average Bonchev–Trinajstić information content (AvgIpc) is 3.17. The van der Waals surface area contributed by atoms with Crippen molar-refractivity contribution in [2.75, 3.05) is 13.1 Å². The Morgan fingerprint density at radius 1 is 1.11 bits per heavy atom. The van der Waals surface area contributed by atoms with Crippen molar-refractivity contribution in [3.63, 3.8) is 0 Å². The number of carbonyl (C=O) groups excluding carboxylic acids is 1. The topological polar surface area (TPSA) is 95.2 Å². The molecule has 0 spiro atoms. The van der Waals surface area contributed by atoms with Crippen LogP contribution < -0.4 is 5.32 Å². The fraction of sp³-hybridized carbons (Fsp3) is 0.300. The minimum absolute atomic E-state index is 0.221. The lowest BCUT2D eigenvalue weighted by Crippen LogP contribution is -2.35. The molecule has 1 saturated heterocycles. The number of nitrogens with one attached hydrogen (secondary N) is 2. The molecule has 0 aliphatic carbocycles. The van der Waals surface area contributed by atoms with E-state index < -0.39 is 10.0 Å². The molecule has 1 aliphatic rings. The second kappa shape index (κ2) is 7.73. The van der Waals surface area contributed by atoms with Crippen LogP contribution in [0.2, 0.25) is 0 Å². The Bertz CT molecular complexity index is 1050. The molecule has 1 fully saturated rings. The normalized spacial score (nSPS) is 15.6. The first kappa shape index (κ1) is 18.6. The van der Waals surface area contributed by atoms with Crippen molar-refractivity contribution >= 4 is 26.8 Å². The van der Waals surface area contributed by atoms with Crippen molar-refractivity contribution in [1.29, 1.82) is 0 Å². The van der Waals surface area contributed by atoms with E-state index in [0.717, 1.165) is 35.7 Å². The van der Waals surface area contributed by atoms with E-state index in [1.54, 1.807) is 47.0 Å². The SMILES string of the molecule is O=C(NCc1ccc(S(=O)(=O)N2CCCCC2)cc1)c1cc2ccncc2[nH]1. The molecular weight excluding hydrogens is 376 g/mol. The van der Waals surface area contributed by atoms with Crippen LogP contribution in [-0.4, -0.2) is 41.7 Å². The maximum absolute atomic E-state index is 12.7. The highest BCUT2D eigenvalue weighted by molar-refractivity contribution is 7.89. The van der Waals surface area contributed by atoms with E-state index in [1.165, 1.54) is 0 Å². The Hall–Kier alpha value is -2.71. The van der Waals surface area contributed by atoms with Gasteiger partial charge in [0.15, 0.2) is 0 Å². The molecule has 3 heterocycles. The number of hydrogen-bond acceptors (Lipinski definition) is 4. The fourth-order valence-corrected chi connectivity index (χ4v) is 4.92. The van der Waals surface area contributed by atoms with Crippen LogP contribution in [-0.2, 0) is 16.6 Å². The van der Waals surface area contributed by atoms with Gasteiger partial charge in [-0.3, -0.25) is 9.78 Å². The Balaban J connectivity index is 1.41. The van der Waals surface area contributed by atoms with E-state index in [2.05, 4.69) is 15.3 Å². The largest absolute Gasteiger partial charge is 0.349 e. The van der Waals surface area contributed by atoms with Gasteiger partial charge in [-0.15, -0.1) is 0 Å². The Morgan fingerprint density at radius 3 is 2.57 bits per heavy atom. The summed E-state index contributed by atoms with van der Waals surface area (Å²) in [4.78, 5) is 19.7. The lowest BCUT2D eigenvalue weighted by Gasteiger charge is -2.25. The molecule has 2 aromatic heterocycles. The first-order valence-electron chi connectivity index (χ1n) is 9.34. The fourth-order valence-electron chi connectivity index (χ4n) is 3.41. The summed E-state index contributed by atoms with van der Waals surface area (Å²) in [6.07, 6.45) is 6.25. The van der Waals surface area contributed by atoms with Gasteiger partial charge in [-0.2, -0.15) is 4.31 Å². The number of sulfonamides is 1. The molecular formula is C20H22N4O3S. The molecule has 1 amide bonds. The molecule has 0 atom stereocenters. The van der Waals surface area contributed by atoms with Gasteiger partial charge in [0.25, 0.3) is 5.91 Å². The molecule has 0 saturated carbocycles. The van der Waals surface area contributed by atoms with Gasteiger partial charge in [-0.05, 0) is 42.7 Å². The summed E-state index contributed by atoms with van der Waals surface area (Å²) in [5.41, 5.74) is 2.11. The molecule has 0 unspecified atom stereocenters. The number of nitrogens with zero attached hydrogens (tertiary/aromatic N) is 2. The number of piperidine rings is 1.